The minimum Gasteiger partial charge on any atom is -0.456 e. The van der Waals surface area contributed by atoms with E-state index in [0.29, 0.717) is 0 Å². The molecule has 8 aromatic rings. The second-order valence-corrected chi connectivity index (χ2v) is 14.5. The van der Waals surface area contributed by atoms with Gasteiger partial charge in [-0.05, 0) is 87.0 Å². The van der Waals surface area contributed by atoms with Crippen molar-refractivity contribution in [3.8, 4) is 55.9 Å². The van der Waals surface area contributed by atoms with E-state index >= 15 is 0 Å². The van der Waals surface area contributed by atoms with Crippen molar-refractivity contribution in [3.63, 3.8) is 0 Å². The molecule has 0 aliphatic carbocycles. The molecule has 2 aromatic heterocycles. The smallest absolute Gasteiger partial charge is 0.158 e. The van der Waals surface area contributed by atoms with Crippen molar-refractivity contribution in [2.75, 3.05) is 0 Å². The number of nitrogens with zero attached hydrogens (tertiary/aromatic N) is 1. The number of furan rings is 1. The lowest BCUT2D eigenvalue weighted by molar-refractivity contribution is 0.595. The molecule has 0 amide bonds. The zero-order valence-corrected chi connectivity index (χ0v) is 26.7. The molecule has 0 bridgehead atoms. The van der Waals surface area contributed by atoms with E-state index in [2.05, 4.69) is 78.9 Å². The molecule has 4 nitrogen and oxygen atoms in total. The molecule has 0 fully saturated rings. The second-order valence-electron chi connectivity index (χ2n) is 12.4. The molecule has 0 atom stereocenters. The third-order valence-corrected chi connectivity index (χ3v) is 10.8. The third-order valence-electron chi connectivity index (χ3n) is 9.27. The van der Waals surface area contributed by atoms with Gasteiger partial charge in [0, 0.05) is 21.9 Å². The summed E-state index contributed by atoms with van der Waals surface area (Å²) >= 11 is 0. The number of aromatic nitrogens is 1. The maximum absolute atomic E-state index is 13.5. The van der Waals surface area contributed by atoms with E-state index in [1.807, 2.05) is 72.8 Å². The van der Waals surface area contributed by atoms with E-state index in [0.717, 1.165) is 89.0 Å². The Balaban J connectivity index is 1.17. The Morgan fingerprint density at radius 3 is 1.77 bits per heavy atom. The van der Waals surface area contributed by atoms with Crippen molar-refractivity contribution in [1.29, 1.82) is 0 Å². The normalized spacial score (nSPS) is 13.6. The lowest BCUT2D eigenvalue weighted by Gasteiger charge is -2.14. The minimum absolute atomic E-state index is 0.000796. The molecule has 9 rings (SSSR count). The molecule has 0 saturated heterocycles. The Labute approximate surface area is 278 Å². The molecular weight excluding hydrogens is 611 g/mol. The SMILES string of the molecule is O=S1(=O)Cc2cc(-c3cc(-c4ccccc4)nc(-c4ccccc4)c3)ccc2-c2cc(-c3ccc4c(c3)oc3ccccc34)ccc2C1. The molecule has 0 radical (unpaired) electrons. The molecular formula is C43H29NO3S. The lowest BCUT2D eigenvalue weighted by atomic mass is 9.90. The summed E-state index contributed by atoms with van der Waals surface area (Å²) in [4.78, 5) is 5.02. The van der Waals surface area contributed by atoms with Crippen molar-refractivity contribution >= 4 is 31.8 Å². The number of sulfone groups is 1. The molecule has 5 heteroatoms. The van der Waals surface area contributed by atoms with Crippen LogP contribution in [0.5, 0.6) is 0 Å². The van der Waals surface area contributed by atoms with Crippen LogP contribution in [-0.4, -0.2) is 13.4 Å². The first-order chi connectivity index (χ1) is 23.5. The van der Waals surface area contributed by atoms with Crippen LogP contribution in [0.3, 0.4) is 0 Å². The van der Waals surface area contributed by atoms with Crippen LogP contribution in [0.15, 0.2) is 156 Å². The van der Waals surface area contributed by atoms with Crippen LogP contribution in [0.25, 0.3) is 77.8 Å². The highest BCUT2D eigenvalue weighted by molar-refractivity contribution is 7.89. The van der Waals surface area contributed by atoms with Crippen molar-refractivity contribution in [1.82, 2.24) is 4.98 Å². The van der Waals surface area contributed by atoms with Crippen molar-refractivity contribution in [3.05, 3.63) is 163 Å². The van der Waals surface area contributed by atoms with Gasteiger partial charge in [-0.15, -0.1) is 0 Å². The van der Waals surface area contributed by atoms with Gasteiger partial charge in [0.1, 0.15) is 11.2 Å². The molecule has 6 aromatic carbocycles. The van der Waals surface area contributed by atoms with Crippen molar-refractivity contribution in [2.24, 2.45) is 0 Å². The van der Waals surface area contributed by atoms with E-state index < -0.39 is 9.84 Å². The van der Waals surface area contributed by atoms with Gasteiger partial charge in [0.2, 0.25) is 0 Å². The molecule has 0 spiro atoms. The summed E-state index contributed by atoms with van der Waals surface area (Å²) in [5.74, 6) is -0.0197. The van der Waals surface area contributed by atoms with Crippen LogP contribution >= 0.6 is 0 Å². The number of rotatable bonds is 4. The van der Waals surface area contributed by atoms with Gasteiger partial charge in [-0.2, -0.15) is 0 Å². The Bertz CT molecular complexity index is 2570. The second kappa shape index (κ2) is 11.2. The predicted octanol–water partition coefficient (Wildman–Crippen LogP) is 10.7. The average Bonchev–Trinajstić information content (AvgIpc) is 3.44. The highest BCUT2D eigenvalue weighted by Crippen LogP contribution is 2.40. The van der Waals surface area contributed by atoms with E-state index in [1.165, 1.54) is 0 Å². The van der Waals surface area contributed by atoms with E-state index in [1.54, 1.807) is 0 Å². The maximum atomic E-state index is 13.5. The van der Waals surface area contributed by atoms with Gasteiger partial charge >= 0.3 is 0 Å². The number of fused-ring (bicyclic) bond motifs is 6. The van der Waals surface area contributed by atoms with Crippen LogP contribution in [-0.2, 0) is 21.3 Å². The molecule has 1 aliphatic heterocycles. The standard InChI is InChI=1S/C43H29NO3S/c45-48(46)26-33-16-15-31(32-18-20-38-37-13-7-8-14-42(37)47-43(38)25-32)22-39(33)36-19-17-30(21-35(36)27-48)34-23-40(28-9-3-1-4-10-28)44-41(24-34)29-11-5-2-6-12-29/h1-25H,26-27H2. The summed E-state index contributed by atoms with van der Waals surface area (Å²) < 4.78 is 33.1. The van der Waals surface area contributed by atoms with Crippen LogP contribution in [0.1, 0.15) is 11.1 Å². The fraction of sp³-hybridized carbons (Fsp3) is 0.0465. The molecule has 0 N–H and O–H groups in total. The van der Waals surface area contributed by atoms with Gasteiger partial charge in [-0.1, -0.05) is 109 Å². The summed E-state index contributed by atoms with van der Waals surface area (Å²) in [6.07, 6.45) is 0. The number of para-hydroxylation sites is 1. The van der Waals surface area contributed by atoms with Gasteiger partial charge < -0.3 is 4.42 Å². The van der Waals surface area contributed by atoms with Crippen LogP contribution in [0, 0.1) is 0 Å². The van der Waals surface area contributed by atoms with Gasteiger partial charge in [0.05, 0.1) is 22.9 Å². The molecule has 1 aliphatic rings. The summed E-state index contributed by atoms with van der Waals surface area (Å²) in [5, 5.41) is 2.17. The predicted molar refractivity (Wildman–Crippen MR) is 195 cm³/mol. The summed E-state index contributed by atoms with van der Waals surface area (Å²) in [5.41, 5.74) is 13.0. The van der Waals surface area contributed by atoms with Crippen LogP contribution in [0.2, 0.25) is 0 Å². The highest BCUT2D eigenvalue weighted by Gasteiger charge is 2.25. The molecule has 0 saturated carbocycles. The van der Waals surface area contributed by atoms with Gasteiger partial charge in [-0.25, -0.2) is 13.4 Å². The van der Waals surface area contributed by atoms with Gasteiger partial charge in [-0.3, -0.25) is 0 Å². The Morgan fingerprint density at radius 2 is 1.02 bits per heavy atom. The first-order valence-electron chi connectivity index (χ1n) is 16.0. The molecule has 0 unspecified atom stereocenters. The Morgan fingerprint density at radius 1 is 0.438 bits per heavy atom. The van der Waals surface area contributed by atoms with Gasteiger partial charge in [0.15, 0.2) is 9.84 Å². The topological polar surface area (TPSA) is 60.2 Å². The Hall–Kier alpha value is -5.78. The largest absolute Gasteiger partial charge is 0.456 e. The average molecular weight is 640 g/mol. The van der Waals surface area contributed by atoms with Crippen molar-refractivity contribution in [2.45, 2.75) is 11.5 Å². The molecule has 230 valence electrons. The fourth-order valence-electron chi connectivity index (χ4n) is 6.93. The summed E-state index contributed by atoms with van der Waals surface area (Å²) in [6.45, 7) is 0. The van der Waals surface area contributed by atoms with Crippen LogP contribution in [0.4, 0.5) is 0 Å². The summed E-state index contributed by atoms with van der Waals surface area (Å²) in [6, 6.07) is 51.2. The number of hydrogen-bond donors (Lipinski definition) is 0. The maximum Gasteiger partial charge on any atom is 0.158 e. The van der Waals surface area contributed by atoms with Crippen molar-refractivity contribution < 1.29 is 12.8 Å². The zero-order chi connectivity index (χ0) is 32.2. The molecule has 3 heterocycles. The lowest BCUT2D eigenvalue weighted by Crippen LogP contribution is -2.05. The van der Waals surface area contributed by atoms with Gasteiger partial charge in [0.25, 0.3) is 0 Å². The first kappa shape index (κ1) is 28.4. The number of benzene rings is 6. The van der Waals surface area contributed by atoms with E-state index in [-0.39, 0.29) is 11.5 Å². The van der Waals surface area contributed by atoms with E-state index in [9.17, 15) is 8.42 Å². The first-order valence-corrected chi connectivity index (χ1v) is 17.8. The minimum atomic E-state index is -3.40. The van der Waals surface area contributed by atoms with E-state index in [4.69, 9.17) is 9.40 Å². The van der Waals surface area contributed by atoms with Crippen LogP contribution < -0.4 is 0 Å². The Kier molecular flexibility index (Phi) is 6.63. The quantitative estimate of drug-likeness (QED) is 0.192. The zero-order valence-electron chi connectivity index (χ0n) is 25.9. The third kappa shape index (κ3) is 5.09. The fourth-order valence-corrected chi connectivity index (χ4v) is 8.47. The number of pyridine rings is 1. The summed E-state index contributed by atoms with van der Waals surface area (Å²) in [7, 11) is -3.40. The molecule has 48 heavy (non-hydrogen) atoms. The monoisotopic (exact) mass is 639 g/mol. The number of hydrogen-bond acceptors (Lipinski definition) is 4. The highest BCUT2D eigenvalue weighted by atomic mass is 32.2.